The third-order valence-corrected chi connectivity index (χ3v) is 8.68. The molecule has 3 aromatic rings. The Morgan fingerprint density at radius 3 is 1.60 bits per heavy atom. The van der Waals surface area contributed by atoms with Crippen LogP contribution in [-0.2, 0) is 12.8 Å². The van der Waals surface area contributed by atoms with Crippen LogP contribution in [0.25, 0.3) is 0 Å². The molecule has 0 aromatic heterocycles. The lowest BCUT2D eigenvalue weighted by molar-refractivity contribution is 0.351. The second kappa shape index (κ2) is 12.2. The zero-order valence-corrected chi connectivity index (χ0v) is 25.1. The molecule has 0 fully saturated rings. The van der Waals surface area contributed by atoms with Crippen molar-refractivity contribution >= 4 is 47.8 Å². The summed E-state index contributed by atoms with van der Waals surface area (Å²) in [7, 11) is 9.75. The lowest BCUT2D eigenvalue weighted by atomic mass is 9.94. The summed E-state index contributed by atoms with van der Waals surface area (Å²) in [6.45, 7) is 0. The summed E-state index contributed by atoms with van der Waals surface area (Å²) in [4.78, 5) is 0. The zero-order valence-electron chi connectivity index (χ0n) is 20.4. The summed E-state index contributed by atoms with van der Waals surface area (Å²) in [5, 5.41) is 0. The third-order valence-electron chi connectivity index (χ3n) is 5.64. The van der Waals surface area contributed by atoms with E-state index in [0.717, 1.165) is 35.7 Å². The van der Waals surface area contributed by atoms with Gasteiger partial charge in [0.1, 0.15) is 0 Å². The van der Waals surface area contributed by atoms with E-state index >= 15 is 0 Å². The highest BCUT2D eigenvalue weighted by Crippen LogP contribution is 2.46. The van der Waals surface area contributed by atoms with Gasteiger partial charge in [-0.05, 0) is 101 Å². The van der Waals surface area contributed by atoms with Crippen LogP contribution >= 0.6 is 47.8 Å². The van der Waals surface area contributed by atoms with Crippen LogP contribution in [0, 0.1) is 0 Å². The predicted octanol–water partition coefficient (Wildman–Crippen LogP) is 7.21. The molecule has 3 rings (SSSR count). The maximum atomic E-state index is 5.68. The molecule has 0 spiro atoms. The van der Waals surface area contributed by atoms with Crippen LogP contribution in [0.3, 0.4) is 0 Å². The molecule has 0 atom stereocenters. The van der Waals surface area contributed by atoms with Crippen LogP contribution in [0.15, 0.2) is 43.7 Å². The second-order valence-corrected chi connectivity index (χ2v) is 9.88. The van der Waals surface area contributed by atoms with Crippen molar-refractivity contribution in [3.63, 3.8) is 0 Å². The first-order chi connectivity index (χ1) is 16.8. The van der Waals surface area contributed by atoms with E-state index < -0.39 is 0 Å². The lowest BCUT2D eigenvalue weighted by Crippen LogP contribution is -2.04. The van der Waals surface area contributed by atoms with E-state index in [1.807, 2.05) is 30.3 Å². The van der Waals surface area contributed by atoms with Gasteiger partial charge < -0.3 is 28.4 Å². The maximum Gasteiger partial charge on any atom is 0.176 e. The summed E-state index contributed by atoms with van der Waals surface area (Å²) in [6.07, 6.45) is 1.23. The Bertz CT molecular complexity index is 1210. The monoisotopic (exact) mass is 672 g/mol. The molecular weight excluding hydrogens is 648 g/mol. The molecule has 0 aliphatic rings. The van der Waals surface area contributed by atoms with E-state index in [4.69, 9.17) is 28.4 Å². The largest absolute Gasteiger partial charge is 0.493 e. The standard InChI is InChI=1S/C26H27Br3O6/c1-30-18-8-7-14(10-19(18)31-2)9-15-12-20(32-3)25(34-5)23(28)17(15)11-16-13-21(33-4)26(35-6)24(29)22(16)27/h7-8,10,12-13H,9,11H2,1-6H3. The quantitative estimate of drug-likeness (QED) is 0.227. The van der Waals surface area contributed by atoms with Crippen molar-refractivity contribution in [2.24, 2.45) is 0 Å². The maximum absolute atomic E-state index is 5.68. The van der Waals surface area contributed by atoms with Crippen molar-refractivity contribution in [3.05, 3.63) is 66.0 Å². The fourth-order valence-electron chi connectivity index (χ4n) is 3.90. The summed E-state index contributed by atoms with van der Waals surface area (Å²) < 4.78 is 35.8. The molecule has 0 bridgehead atoms. The molecule has 0 saturated carbocycles. The van der Waals surface area contributed by atoms with Gasteiger partial charge in [0.15, 0.2) is 34.5 Å². The summed E-state index contributed by atoms with van der Waals surface area (Å²) in [5.41, 5.74) is 4.20. The fourth-order valence-corrected chi connectivity index (χ4v) is 5.69. The van der Waals surface area contributed by atoms with Crippen LogP contribution in [0.5, 0.6) is 34.5 Å². The predicted molar refractivity (Wildman–Crippen MR) is 147 cm³/mol. The number of ether oxygens (including phenoxy) is 6. The van der Waals surface area contributed by atoms with Crippen molar-refractivity contribution in [1.29, 1.82) is 0 Å². The van der Waals surface area contributed by atoms with Crippen LogP contribution in [0.1, 0.15) is 22.3 Å². The van der Waals surface area contributed by atoms with Gasteiger partial charge in [-0.3, -0.25) is 0 Å². The molecule has 188 valence electrons. The Balaban J connectivity index is 2.17. The molecule has 0 unspecified atom stereocenters. The fraction of sp³-hybridized carbons (Fsp3) is 0.308. The van der Waals surface area contributed by atoms with E-state index in [2.05, 4.69) is 47.8 Å². The minimum absolute atomic E-state index is 0.586. The second-order valence-electron chi connectivity index (χ2n) is 7.51. The van der Waals surface area contributed by atoms with Crippen LogP contribution in [0.4, 0.5) is 0 Å². The number of halogens is 3. The SMILES string of the molecule is COc1ccc(Cc2cc(OC)c(OC)c(Br)c2Cc2cc(OC)c(OC)c(Br)c2Br)cc1OC. The highest BCUT2D eigenvalue weighted by Gasteiger charge is 2.22. The van der Waals surface area contributed by atoms with E-state index in [-0.39, 0.29) is 0 Å². The highest BCUT2D eigenvalue weighted by atomic mass is 79.9. The minimum Gasteiger partial charge on any atom is -0.493 e. The molecule has 6 nitrogen and oxygen atoms in total. The number of rotatable bonds is 10. The first-order valence-electron chi connectivity index (χ1n) is 10.5. The Kier molecular flexibility index (Phi) is 9.61. The van der Waals surface area contributed by atoms with Gasteiger partial charge in [0.2, 0.25) is 0 Å². The molecule has 0 saturated heterocycles. The molecule has 3 aromatic carbocycles. The van der Waals surface area contributed by atoms with Gasteiger partial charge in [0.25, 0.3) is 0 Å². The van der Waals surface area contributed by atoms with E-state index in [1.54, 1.807) is 42.7 Å². The van der Waals surface area contributed by atoms with Gasteiger partial charge in [-0.25, -0.2) is 0 Å². The Hall–Kier alpha value is -2.10. The van der Waals surface area contributed by atoms with E-state index in [0.29, 0.717) is 47.3 Å². The number of methoxy groups -OCH3 is 6. The smallest absolute Gasteiger partial charge is 0.176 e. The molecule has 0 aliphatic heterocycles. The molecule has 0 aliphatic carbocycles. The minimum atomic E-state index is 0.586. The Morgan fingerprint density at radius 2 is 1.06 bits per heavy atom. The first-order valence-corrected chi connectivity index (χ1v) is 12.9. The first kappa shape index (κ1) is 27.5. The Morgan fingerprint density at radius 1 is 0.514 bits per heavy atom. The molecule has 0 amide bonds. The van der Waals surface area contributed by atoms with Crippen LogP contribution < -0.4 is 28.4 Å². The van der Waals surface area contributed by atoms with Crippen molar-refractivity contribution in [1.82, 2.24) is 0 Å². The zero-order chi connectivity index (χ0) is 25.7. The Labute approximate surface area is 231 Å². The van der Waals surface area contributed by atoms with Crippen molar-refractivity contribution < 1.29 is 28.4 Å². The number of benzene rings is 3. The third kappa shape index (κ3) is 5.67. The van der Waals surface area contributed by atoms with Gasteiger partial charge in [0, 0.05) is 10.9 Å². The van der Waals surface area contributed by atoms with Gasteiger partial charge >= 0.3 is 0 Å². The van der Waals surface area contributed by atoms with Gasteiger partial charge in [-0.2, -0.15) is 0 Å². The topological polar surface area (TPSA) is 55.4 Å². The summed E-state index contributed by atoms with van der Waals surface area (Å²) in [5.74, 6) is 3.90. The number of hydrogen-bond donors (Lipinski definition) is 0. The van der Waals surface area contributed by atoms with Crippen molar-refractivity contribution in [2.45, 2.75) is 12.8 Å². The molecule has 0 radical (unpaired) electrons. The average molecular weight is 675 g/mol. The van der Waals surface area contributed by atoms with Crippen LogP contribution in [-0.4, -0.2) is 42.7 Å². The summed E-state index contributed by atoms with van der Waals surface area (Å²) in [6, 6.07) is 9.90. The molecule has 0 heterocycles. The molecular formula is C26H27Br3O6. The molecule has 35 heavy (non-hydrogen) atoms. The normalized spacial score (nSPS) is 10.7. The van der Waals surface area contributed by atoms with Gasteiger partial charge in [0.05, 0.1) is 51.6 Å². The van der Waals surface area contributed by atoms with Crippen molar-refractivity contribution in [2.75, 3.05) is 42.7 Å². The molecule has 9 heteroatoms. The van der Waals surface area contributed by atoms with Crippen molar-refractivity contribution in [3.8, 4) is 34.5 Å². The van der Waals surface area contributed by atoms with Crippen LogP contribution in [0.2, 0.25) is 0 Å². The van der Waals surface area contributed by atoms with Gasteiger partial charge in [-0.1, -0.05) is 6.07 Å². The highest BCUT2D eigenvalue weighted by molar-refractivity contribution is 9.13. The average Bonchev–Trinajstić information content (AvgIpc) is 2.87. The van der Waals surface area contributed by atoms with E-state index in [9.17, 15) is 0 Å². The van der Waals surface area contributed by atoms with Gasteiger partial charge in [-0.15, -0.1) is 0 Å². The van der Waals surface area contributed by atoms with E-state index in [1.165, 1.54) is 0 Å². The summed E-state index contributed by atoms with van der Waals surface area (Å²) >= 11 is 11.1. The lowest BCUT2D eigenvalue weighted by Gasteiger charge is -2.20. The molecule has 0 N–H and O–H groups in total. The number of hydrogen-bond acceptors (Lipinski definition) is 6.